The molecule has 0 aromatic rings. The first-order valence-electron chi connectivity index (χ1n) is 20.2. The molecule has 2 N–H and O–H groups in total. The van der Waals surface area contributed by atoms with E-state index < -0.39 is 11.2 Å². The molecule has 8 rings (SSSR count). The second kappa shape index (κ2) is 13.6. The number of aliphatic hydroxyl groups is 2. The van der Waals surface area contributed by atoms with Crippen molar-refractivity contribution >= 4 is 27.5 Å². The lowest BCUT2D eigenvalue weighted by Gasteiger charge is -2.56. The van der Waals surface area contributed by atoms with Crippen LogP contribution in [0.1, 0.15) is 158 Å². The van der Waals surface area contributed by atoms with E-state index in [4.69, 9.17) is 0 Å². The maximum absolute atomic E-state index is 12.5. The number of Topliss-reactive ketones (excluding diaryl/α,β-unsaturated/α-hetero) is 2. The van der Waals surface area contributed by atoms with Gasteiger partial charge in [-0.15, -0.1) is 0 Å². The SMILES string of the molecule is C.CC(=O)[C@H]1CC[C@H]2[C@@H]3CC[C@@H]4C[C@](C)(O)CC[C@@H]4[C@H]3CC[C@]12C.C[C@@]1(O)CC[C@H]2[C@H](CC[C@@H]3[C@@H]2CC[C@]2(C)[C@@H](C(=O)CBr)CC[C@@H]32)C1. The highest BCUT2D eigenvalue weighted by Crippen LogP contribution is 2.66. The number of alkyl halides is 1. The Morgan fingerprint density at radius 2 is 0.979 bits per heavy atom. The third kappa shape index (κ3) is 6.39. The molecule has 0 bridgehead atoms. The fourth-order valence-corrected chi connectivity index (χ4v) is 15.8. The predicted octanol–water partition coefficient (Wildman–Crippen LogP) is 10.2. The third-order valence-corrected chi connectivity index (χ3v) is 18.0. The van der Waals surface area contributed by atoms with Crippen molar-refractivity contribution in [2.24, 2.45) is 81.8 Å². The Morgan fingerprint density at radius 1 is 0.562 bits per heavy atom. The summed E-state index contributed by atoms with van der Waals surface area (Å²) in [5.41, 5.74) is -0.277. The van der Waals surface area contributed by atoms with Crippen molar-refractivity contribution in [3.8, 4) is 0 Å². The maximum atomic E-state index is 12.5. The first-order chi connectivity index (χ1) is 22.2. The van der Waals surface area contributed by atoms with E-state index in [0.717, 1.165) is 97.7 Å². The van der Waals surface area contributed by atoms with Gasteiger partial charge in [0.1, 0.15) is 11.6 Å². The number of hydrogen-bond acceptors (Lipinski definition) is 4. The summed E-state index contributed by atoms with van der Waals surface area (Å²) in [6, 6.07) is 0. The highest BCUT2D eigenvalue weighted by atomic mass is 79.9. The Labute approximate surface area is 302 Å². The number of carbonyl (C=O) groups is 2. The van der Waals surface area contributed by atoms with Gasteiger partial charge in [0.2, 0.25) is 0 Å². The fraction of sp³-hybridized carbons (Fsp3) is 0.953. The average Bonchev–Trinajstić information content (AvgIpc) is 3.56. The van der Waals surface area contributed by atoms with Crippen LogP contribution in [0.3, 0.4) is 0 Å². The molecule has 48 heavy (non-hydrogen) atoms. The Hall–Kier alpha value is -0.260. The Morgan fingerprint density at radius 3 is 1.42 bits per heavy atom. The van der Waals surface area contributed by atoms with Gasteiger partial charge in [-0.1, -0.05) is 37.2 Å². The molecule has 274 valence electrons. The minimum absolute atomic E-state index is 0. The predicted molar refractivity (Wildman–Crippen MR) is 199 cm³/mol. The lowest BCUT2D eigenvalue weighted by molar-refractivity contribution is -0.130. The molecule has 4 nitrogen and oxygen atoms in total. The Balaban J connectivity index is 0.000000164. The number of fused-ring (bicyclic) bond motifs is 10. The highest BCUT2D eigenvalue weighted by Gasteiger charge is 2.60. The minimum Gasteiger partial charge on any atom is -0.390 e. The molecular weight excluding hydrogens is 660 g/mol. The van der Waals surface area contributed by atoms with Crippen molar-refractivity contribution in [1.82, 2.24) is 0 Å². The van der Waals surface area contributed by atoms with Gasteiger partial charge in [0, 0.05) is 11.8 Å². The molecule has 0 aromatic heterocycles. The molecule has 0 amide bonds. The largest absolute Gasteiger partial charge is 0.390 e. The van der Waals surface area contributed by atoms with Crippen LogP contribution in [-0.2, 0) is 9.59 Å². The number of hydrogen-bond donors (Lipinski definition) is 2. The van der Waals surface area contributed by atoms with Gasteiger partial charge >= 0.3 is 0 Å². The van der Waals surface area contributed by atoms with E-state index in [1.54, 1.807) is 0 Å². The second-order valence-corrected chi connectivity index (χ2v) is 20.5. The average molecular weight is 732 g/mol. The minimum atomic E-state index is -0.419. The fourth-order valence-electron chi connectivity index (χ4n) is 15.5. The van der Waals surface area contributed by atoms with E-state index in [-0.39, 0.29) is 12.8 Å². The summed E-state index contributed by atoms with van der Waals surface area (Å²) >= 11 is 3.42. The van der Waals surface area contributed by atoms with E-state index in [0.29, 0.717) is 34.1 Å². The van der Waals surface area contributed by atoms with Crippen LogP contribution in [0.15, 0.2) is 0 Å². The van der Waals surface area contributed by atoms with Crippen LogP contribution in [0.25, 0.3) is 0 Å². The van der Waals surface area contributed by atoms with E-state index in [1.807, 2.05) is 20.8 Å². The molecular formula is C43H71BrO4. The number of halogens is 1. The van der Waals surface area contributed by atoms with E-state index in [9.17, 15) is 19.8 Å². The number of carbonyl (C=O) groups excluding carboxylic acids is 2. The molecule has 0 unspecified atom stereocenters. The molecule has 8 fully saturated rings. The van der Waals surface area contributed by atoms with Gasteiger partial charge in [-0.2, -0.15) is 0 Å². The lowest BCUT2D eigenvalue weighted by atomic mass is 9.49. The van der Waals surface area contributed by atoms with Crippen LogP contribution in [0.2, 0.25) is 0 Å². The lowest BCUT2D eigenvalue weighted by Crippen LogP contribution is -2.51. The highest BCUT2D eigenvalue weighted by molar-refractivity contribution is 9.09. The topological polar surface area (TPSA) is 74.6 Å². The first kappa shape index (κ1) is 37.5. The van der Waals surface area contributed by atoms with Crippen molar-refractivity contribution in [1.29, 1.82) is 0 Å². The summed E-state index contributed by atoms with van der Waals surface area (Å²) in [6.07, 6.45) is 21.8. The second-order valence-electron chi connectivity index (χ2n) is 19.9. The summed E-state index contributed by atoms with van der Waals surface area (Å²) in [4.78, 5) is 24.6. The van der Waals surface area contributed by atoms with Gasteiger partial charge in [-0.25, -0.2) is 0 Å². The van der Waals surface area contributed by atoms with Gasteiger partial charge in [0.05, 0.1) is 16.5 Å². The molecule has 0 aromatic carbocycles. The van der Waals surface area contributed by atoms with Crippen LogP contribution in [0.4, 0.5) is 0 Å². The third-order valence-electron chi connectivity index (χ3n) is 17.5. The zero-order valence-electron chi connectivity index (χ0n) is 30.5. The maximum Gasteiger partial charge on any atom is 0.147 e. The summed E-state index contributed by atoms with van der Waals surface area (Å²) in [5.74, 6) is 9.76. The standard InChI is InChI=1S/C21H33BrO2.C21H34O2.CH4/c1-20(24)9-7-14-13(11-20)3-4-16-15(14)8-10-21(2)17(16)5-6-18(21)19(23)12-22;1-13(22)18-6-7-19-17-5-4-14-12-20(2,23)10-8-15(14)16(17)9-11-21(18,19)3;/h13-18,24H,3-12H2,1-2H3;14-19,23H,4-12H2,1-3H3;1H4/t13-,14+,15-,16-,17+,18-,20-,21+;14-,15+,16-,17-,18-,19+,20-,21-;/m11./s1. The van der Waals surface area contributed by atoms with Crippen LogP contribution in [-0.4, -0.2) is 38.3 Å². The summed E-state index contributed by atoms with van der Waals surface area (Å²) in [5, 5.41) is 21.5. The van der Waals surface area contributed by atoms with Crippen molar-refractivity contribution in [2.75, 3.05) is 5.33 Å². The van der Waals surface area contributed by atoms with Gasteiger partial charge in [-0.3, -0.25) is 9.59 Å². The number of rotatable bonds is 3. The van der Waals surface area contributed by atoms with Gasteiger partial charge < -0.3 is 10.2 Å². The van der Waals surface area contributed by atoms with Crippen molar-refractivity contribution in [2.45, 2.75) is 169 Å². The monoisotopic (exact) mass is 730 g/mol. The summed E-state index contributed by atoms with van der Waals surface area (Å²) in [6.45, 7) is 10.8. The smallest absolute Gasteiger partial charge is 0.147 e. The van der Waals surface area contributed by atoms with Crippen LogP contribution < -0.4 is 0 Å². The molecule has 8 saturated carbocycles. The van der Waals surface area contributed by atoms with E-state index in [1.165, 1.54) is 77.0 Å². The zero-order valence-corrected chi connectivity index (χ0v) is 32.0. The van der Waals surface area contributed by atoms with E-state index >= 15 is 0 Å². The molecule has 0 saturated heterocycles. The van der Waals surface area contributed by atoms with Crippen LogP contribution in [0, 0.1) is 81.8 Å². The molecule has 16 atom stereocenters. The van der Waals surface area contributed by atoms with Crippen molar-refractivity contribution in [3.63, 3.8) is 0 Å². The van der Waals surface area contributed by atoms with Crippen molar-refractivity contribution in [3.05, 3.63) is 0 Å². The zero-order chi connectivity index (χ0) is 33.5. The van der Waals surface area contributed by atoms with E-state index in [2.05, 4.69) is 29.8 Å². The van der Waals surface area contributed by atoms with Gasteiger partial charge in [-0.05, 0) is 206 Å². The molecule has 0 heterocycles. The van der Waals surface area contributed by atoms with Crippen molar-refractivity contribution < 1.29 is 19.8 Å². The molecule has 8 aliphatic rings. The Kier molecular flexibility index (Phi) is 10.6. The molecule has 5 heteroatoms. The first-order valence-corrected chi connectivity index (χ1v) is 21.3. The normalized spacial score (nSPS) is 53.6. The van der Waals surface area contributed by atoms with Crippen LogP contribution >= 0.6 is 15.9 Å². The van der Waals surface area contributed by atoms with Gasteiger partial charge in [0.25, 0.3) is 0 Å². The molecule has 0 radical (unpaired) electrons. The molecule has 8 aliphatic carbocycles. The summed E-state index contributed by atoms with van der Waals surface area (Å²) in [7, 11) is 0. The molecule has 0 spiro atoms. The van der Waals surface area contributed by atoms with Gasteiger partial charge in [0.15, 0.2) is 0 Å². The van der Waals surface area contributed by atoms with Crippen LogP contribution in [0.5, 0.6) is 0 Å². The quantitative estimate of drug-likeness (QED) is 0.284. The number of ketones is 2. The summed E-state index contributed by atoms with van der Waals surface area (Å²) < 4.78 is 0. The molecule has 0 aliphatic heterocycles. The Bertz CT molecular complexity index is 1200.